The molecule has 0 bridgehead atoms. The van der Waals surface area contributed by atoms with Gasteiger partial charge in [-0.1, -0.05) is 0 Å². The maximum absolute atomic E-state index is 12.8. The van der Waals surface area contributed by atoms with Crippen LogP contribution < -0.4 is 5.73 Å². The van der Waals surface area contributed by atoms with E-state index in [1.807, 2.05) is 0 Å². The van der Waals surface area contributed by atoms with Crippen molar-refractivity contribution >= 4 is 27.8 Å². The lowest BCUT2D eigenvalue weighted by molar-refractivity contribution is -0.121. The van der Waals surface area contributed by atoms with E-state index in [4.69, 9.17) is 5.73 Å². The van der Waals surface area contributed by atoms with Gasteiger partial charge in [0.25, 0.3) is 5.91 Å². The second kappa shape index (κ2) is 4.88. The number of primary amides is 1. The molecule has 0 aliphatic carbocycles. The van der Waals surface area contributed by atoms with Crippen LogP contribution in [0.15, 0.2) is 22.7 Å². The second-order valence-corrected chi connectivity index (χ2v) is 3.52. The van der Waals surface area contributed by atoms with Gasteiger partial charge in [-0.2, -0.15) is 0 Å². The zero-order valence-corrected chi connectivity index (χ0v) is 9.08. The Kier molecular flexibility index (Phi) is 3.79. The molecular weight excluding hydrogens is 269 g/mol. The number of rotatable bonds is 3. The maximum atomic E-state index is 12.8. The summed E-state index contributed by atoms with van der Waals surface area (Å²) in [7, 11) is 0. The molecule has 0 unspecified atom stereocenters. The number of benzene rings is 1. The van der Waals surface area contributed by atoms with Crippen molar-refractivity contribution in [1.82, 2.24) is 0 Å². The summed E-state index contributed by atoms with van der Waals surface area (Å²) >= 11 is 3.05. The Labute approximate surface area is 93.3 Å². The average Bonchev–Trinajstić information content (AvgIpc) is 2.18. The van der Waals surface area contributed by atoms with Gasteiger partial charge in [-0.25, -0.2) is 9.18 Å². The number of ether oxygens (including phenoxy) is 1. The first-order valence-electron chi connectivity index (χ1n) is 3.91. The lowest BCUT2D eigenvalue weighted by Gasteiger charge is -2.04. The molecule has 1 aromatic carbocycles. The fourth-order valence-corrected chi connectivity index (χ4v) is 1.28. The van der Waals surface area contributed by atoms with Gasteiger partial charge in [-0.3, -0.25) is 4.79 Å². The second-order valence-electron chi connectivity index (χ2n) is 2.67. The molecule has 0 aromatic heterocycles. The first-order valence-corrected chi connectivity index (χ1v) is 4.70. The predicted octanol–water partition coefficient (Wildman–Crippen LogP) is 1.23. The zero-order valence-electron chi connectivity index (χ0n) is 7.50. The Morgan fingerprint density at radius 3 is 2.73 bits per heavy atom. The van der Waals surface area contributed by atoms with E-state index < -0.39 is 24.3 Å². The number of carbonyl (C=O) groups excluding carboxylic acids is 2. The molecule has 0 atom stereocenters. The quantitative estimate of drug-likeness (QED) is 0.844. The van der Waals surface area contributed by atoms with Crippen LogP contribution in [0.5, 0.6) is 0 Å². The third-order valence-corrected chi connectivity index (χ3v) is 2.19. The molecule has 0 aliphatic rings. The van der Waals surface area contributed by atoms with Crippen LogP contribution in [0.4, 0.5) is 4.39 Å². The van der Waals surface area contributed by atoms with Gasteiger partial charge in [-0.15, -0.1) is 0 Å². The number of hydrogen-bond acceptors (Lipinski definition) is 3. The molecule has 1 aromatic rings. The Bertz CT molecular complexity index is 408. The van der Waals surface area contributed by atoms with Crippen LogP contribution in [0.1, 0.15) is 10.4 Å². The first kappa shape index (κ1) is 11.6. The first-order chi connectivity index (χ1) is 7.00. The van der Waals surface area contributed by atoms with Crippen molar-refractivity contribution in [3.8, 4) is 0 Å². The predicted molar refractivity (Wildman–Crippen MR) is 53.6 cm³/mol. The topological polar surface area (TPSA) is 69.4 Å². The van der Waals surface area contributed by atoms with Gasteiger partial charge in [0.15, 0.2) is 6.61 Å². The molecule has 15 heavy (non-hydrogen) atoms. The van der Waals surface area contributed by atoms with E-state index in [0.717, 1.165) is 6.07 Å². The Morgan fingerprint density at radius 1 is 1.47 bits per heavy atom. The number of esters is 1. The minimum atomic E-state index is -0.805. The summed E-state index contributed by atoms with van der Waals surface area (Å²) in [6, 6.07) is 3.57. The molecule has 6 heteroatoms. The van der Waals surface area contributed by atoms with Crippen molar-refractivity contribution in [2.24, 2.45) is 5.73 Å². The minimum absolute atomic E-state index is 0.0104. The molecule has 0 spiro atoms. The highest BCUT2D eigenvalue weighted by Crippen LogP contribution is 2.18. The molecule has 0 radical (unpaired) electrons. The number of amides is 1. The standard InChI is InChI=1S/C9H7BrFNO3/c10-7-2-1-5(11)3-6(7)9(14)15-4-8(12)13/h1-3H,4H2,(H2,12,13). The van der Waals surface area contributed by atoms with E-state index in [0.29, 0.717) is 4.47 Å². The van der Waals surface area contributed by atoms with E-state index in [-0.39, 0.29) is 5.56 Å². The lowest BCUT2D eigenvalue weighted by Crippen LogP contribution is -2.21. The van der Waals surface area contributed by atoms with Gasteiger partial charge in [0.05, 0.1) is 5.56 Å². The Morgan fingerprint density at radius 2 is 2.13 bits per heavy atom. The van der Waals surface area contributed by atoms with Crippen molar-refractivity contribution in [2.75, 3.05) is 6.61 Å². The highest BCUT2D eigenvalue weighted by molar-refractivity contribution is 9.10. The summed E-state index contributed by atoms with van der Waals surface area (Å²) in [6.07, 6.45) is 0. The third kappa shape index (κ3) is 3.32. The summed E-state index contributed by atoms with van der Waals surface area (Å²) < 4.78 is 17.7. The SMILES string of the molecule is NC(=O)COC(=O)c1cc(F)ccc1Br. The summed E-state index contributed by atoms with van der Waals surface area (Å²) in [5, 5.41) is 0. The summed E-state index contributed by atoms with van der Waals surface area (Å²) in [6.45, 7) is -0.526. The summed E-state index contributed by atoms with van der Waals surface area (Å²) in [4.78, 5) is 21.6. The van der Waals surface area contributed by atoms with Gasteiger partial charge in [0, 0.05) is 4.47 Å². The van der Waals surface area contributed by atoms with Crippen molar-refractivity contribution in [2.45, 2.75) is 0 Å². The van der Waals surface area contributed by atoms with Crippen LogP contribution in [0.25, 0.3) is 0 Å². The molecule has 0 heterocycles. The van der Waals surface area contributed by atoms with Crippen molar-refractivity contribution in [1.29, 1.82) is 0 Å². The number of carbonyl (C=O) groups is 2. The molecule has 2 N–H and O–H groups in total. The van der Waals surface area contributed by atoms with Crippen molar-refractivity contribution in [3.63, 3.8) is 0 Å². The fourth-order valence-electron chi connectivity index (χ4n) is 0.868. The Hall–Kier alpha value is -1.43. The Balaban J connectivity index is 2.81. The average molecular weight is 276 g/mol. The van der Waals surface area contributed by atoms with E-state index in [9.17, 15) is 14.0 Å². The monoisotopic (exact) mass is 275 g/mol. The third-order valence-electron chi connectivity index (χ3n) is 1.49. The van der Waals surface area contributed by atoms with Crippen molar-refractivity contribution < 1.29 is 18.7 Å². The largest absolute Gasteiger partial charge is 0.452 e. The zero-order chi connectivity index (χ0) is 11.4. The van der Waals surface area contributed by atoms with E-state index in [1.54, 1.807) is 0 Å². The van der Waals surface area contributed by atoms with Crippen LogP contribution in [0, 0.1) is 5.82 Å². The van der Waals surface area contributed by atoms with Crippen LogP contribution in [-0.2, 0) is 9.53 Å². The molecule has 80 valence electrons. The molecule has 4 nitrogen and oxygen atoms in total. The van der Waals surface area contributed by atoms with Crippen LogP contribution >= 0.6 is 15.9 Å². The summed E-state index contributed by atoms with van der Waals surface area (Å²) in [5.74, 6) is -2.14. The van der Waals surface area contributed by atoms with Gasteiger partial charge in [-0.05, 0) is 34.1 Å². The van der Waals surface area contributed by atoms with Crippen molar-refractivity contribution in [3.05, 3.63) is 34.1 Å². The van der Waals surface area contributed by atoms with Crippen LogP contribution in [0.2, 0.25) is 0 Å². The van der Waals surface area contributed by atoms with Gasteiger partial charge >= 0.3 is 5.97 Å². The van der Waals surface area contributed by atoms with E-state index >= 15 is 0 Å². The van der Waals surface area contributed by atoms with Gasteiger partial charge < -0.3 is 10.5 Å². The molecule has 0 saturated carbocycles. The van der Waals surface area contributed by atoms with Crippen LogP contribution in [-0.4, -0.2) is 18.5 Å². The summed E-state index contributed by atoms with van der Waals surface area (Å²) in [5.41, 5.74) is 4.80. The molecule has 0 aliphatic heterocycles. The molecular formula is C9H7BrFNO3. The van der Waals surface area contributed by atoms with Gasteiger partial charge in [0.1, 0.15) is 5.82 Å². The number of halogens is 2. The fraction of sp³-hybridized carbons (Fsp3) is 0.111. The van der Waals surface area contributed by atoms with Gasteiger partial charge in [0.2, 0.25) is 0 Å². The highest BCUT2D eigenvalue weighted by atomic mass is 79.9. The number of hydrogen-bond donors (Lipinski definition) is 1. The molecule has 0 saturated heterocycles. The number of nitrogens with two attached hydrogens (primary N) is 1. The smallest absolute Gasteiger partial charge is 0.339 e. The highest BCUT2D eigenvalue weighted by Gasteiger charge is 2.13. The maximum Gasteiger partial charge on any atom is 0.339 e. The normalized spacial score (nSPS) is 9.73. The molecule has 1 amide bonds. The lowest BCUT2D eigenvalue weighted by atomic mass is 10.2. The molecule has 1 rings (SSSR count). The van der Waals surface area contributed by atoms with E-state index in [1.165, 1.54) is 12.1 Å². The molecule has 0 fully saturated rings. The van der Waals surface area contributed by atoms with E-state index in [2.05, 4.69) is 20.7 Å². The van der Waals surface area contributed by atoms with Crippen LogP contribution in [0.3, 0.4) is 0 Å². The minimum Gasteiger partial charge on any atom is -0.452 e.